The molecule has 0 aromatic carbocycles. The van der Waals surface area contributed by atoms with Crippen molar-refractivity contribution in [3.8, 4) is 0 Å². The Bertz CT molecular complexity index is 322. The molecule has 1 unspecified atom stereocenters. The summed E-state index contributed by atoms with van der Waals surface area (Å²) < 4.78 is 11.2. The third kappa shape index (κ3) is 12.8. The lowest BCUT2D eigenvalue weighted by Gasteiger charge is -2.18. The first-order valence-corrected chi connectivity index (χ1v) is 9.66. The molecular formula is C18H39IN4O2. The summed E-state index contributed by atoms with van der Waals surface area (Å²) in [6.07, 6.45) is 6.01. The standard InChI is InChI=1S/C18H38N4O2.HI/c1-4-22(5-2)13-7-6-11-20-18(19-3)21-12-9-14-23-16-17-10-8-15-24-17;/h17H,4-16H2,1-3H3,(H2,19,20,21);1H. The number of hydrogen-bond donors (Lipinski definition) is 2. The SMILES string of the molecule is CCN(CC)CCCCNC(=NC)NCCCOCC1CCCO1.I. The van der Waals surface area contributed by atoms with E-state index in [0.717, 1.165) is 64.8 Å². The molecule has 0 bridgehead atoms. The van der Waals surface area contributed by atoms with Crippen LogP contribution in [0.5, 0.6) is 0 Å². The van der Waals surface area contributed by atoms with Crippen LogP contribution in [0.4, 0.5) is 0 Å². The van der Waals surface area contributed by atoms with E-state index >= 15 is 0 Å². The van der Waals surface area contributed by atoms with Crippen LogP contribution in [0.15, 0.2) is 4.99 Å². The highest BCUT2D eigenvalue weighted by Crippen LogP contribution is 2.11. The Morgan fingerprint density at radius 1 is 1.16 bits per heavy atom. The molecule has 1 aliphatic heterocycles. The molecule has 1 rings (SSSR count). The Morgan fingerprint density at radius 3 is 2.48 bits per heavy atom. The normalized spacial score (nSPS) is 17.6. The first-order chi connectivity index (χ1) is 11.8. The summed E-state index contributed by atoms with van der Waals surface area (Å²) in [5.41, 5.74) is 0. The van der Waals surface area contributed by atoms with E-state index in [1.54, 1.807) is 0 Å². The van der Waals surface area contributed by atoms with Crippen molar-refractivity contribution in [3.05, 3.63) is 0 Å². The van der Waals surface area contributed by atoms with Crippen molar-refractivity contribution in [2.45, 2.75) is 52.1 Å². The van der Waals surface area contributed by atoms with Crippen LogP contribution in [-0.4, -0.2) is 76.6 Å². The van der Waals surface area contributed by atoms with Gasteiger partial charge in [0.25, 0.3) is 0 Å². The van der Waals surface area contributed by atoms with Gasteiger partial charge in [0.05, 0.1) is 12.7 Å². The zero-order chi connectivity index (χ0) is 17.5. The van der Waals surface area contributed by atoms with Gasteiger partial charge < -0.3 is 25.0 Å². The molecule has 1 fully saturated rings. The molecule has 150 valence electrons. The predicted molar refractivity (Wildman–Crippen MR) is 116 cm³/mol. The van der Waals surface area contributed by atoms with Gasteiger partial charge in [-0.25, -0.2) is 0 Å². The van der Waals surface area contributed by atoms with Crippen molar-refractivity contribution in [1.82, 2.24) is 15.5 Å². The van der Waals surface area contributed by atoms with Crippen LogP contribution in [0.3, 0.4) is 0 Å². The average Bonchev–Trinajstić information content (AvgIpc) is 3.12. The minimum absolute atomic E-state index is 0. The number of nitrogens with zero attached hydrogens (tertiary/aromatic N) is 2. The van der Waals surface area contributed by atoms with Gasteiger partial charge >= 0.3 is 0 Å². The topological polar surface area (TPSA) is 58.1 Å². The quantitative estimate of drug-likeness (QED) is 0.188. The van der Waals surface area contributed by atoms with Crippen molar-refractivity contribution in [1.29, 1.82) is 0 Å². The molecule has 0 aromatic heterocycles. The molecule has 1 atom stereocenters. The molecule has 0 aromatic rings. The van der Waals surface area contributed by atoms with Gasteiger partial charge in [-0.05, 0) is 51.7 Å². The van der Waals surface area contributed by atoms with Crippen LogP contribution >= 0.6 is 24.0 Å². The maximum atomic E-state index is 5.66. The average molecular weight is 470 g/mol. The Morgan fingerprint density at radius 2 is 1.88 bits per heavy atom. The summed E-state index contributed by atoms with van der Waals surface area (Å²) >= 11 is 0. The van der Waals surface area contributed by atoms with Crippen LogP contribution in [0.1, 0.15) is 46.0 Å². The van der Waals surface area contributed by atoms with E-state index in [1.165, 1.54) is 25.8 Å². The van der Waals surface area contributed by atoms with Gasteiger partial charge in [-0.15, -0.1) is 24.0 Å². The number of rotatable bonds is 13. The van der Waals surface area contributed by atoms with Crippen LogP contribution in [-0.2, 0) is 9.47 Å². The molecule has 1 heterocycles. The van der Waals surface area contributed by atoms with Crippen molar-refractivity contribution in [2.75, 3.05) is 59.6 Å². The van der Waals surface area contributed by atoms with E-state index in [-0.39, 0.29) is 24.0 Å². The van der Waals surface area contributed by atoms with Gasteiger partial charge in [-0.3, -0.25) is 4.99 Å². The van der Waals surface area contributed by atoms with E-state index < -0.39 is 0 Å². The van der Waals surface area contributed by atoms with Gasteiger partial charge in [-0.1, -0.05) is 13.8 Å². The minimum atomic E-state index is 0. The Balaban J connectivity index is 0.00000576. The van der Waals surface area contributed by atoms with Crippen LogP contribution in [0.2, 0.25) is 0 Å². The Labute approximate surface area is 171 Å². The van der Waals surface area contributed by atoms with Crippen molar-refractivity contribution in [2.24, 2.45) is 4.99 Å². The summed E-state index contributed by atoms with van der Waals surface area (Å²) in [6, 6.07) is 0. The van der Waals surface area contributed by atoms with Crippen LogP contribution in [0.25, 0.3) is 0 Å². The third-order valence-electron chi connectivity index (χ3n) is 4.40. The Hall–Kier alpha value is -0.120. The molecule has 25 heavy (non-hydrogen) atoms. The number of hydrogen-bond acceptors (Lipinski definition) is 4. The molecule has 7 heteroatoms. The second-order valence-corrected chi connectivity index (χ2v) is 6.22. The van der Waals surface area contributed by atoms with Crippen molar-refractivity contribution >= 4 is 29.9 Å². The van der Waals surface area contributed by atoms with E-state index in [4.69, 9.17) is 9.47 Å². The second-order valence-electron chi connectivity index (χ2n) is 6.22. The summed E-state index contributed by atoms with van der Waals surface area (Å²) in [7, 11) is 1.82. The molecule has 0 aliphatic carbocycles. The summed E-state index contributed by atoms with van der Waals surface area (Å²) in [4.78, 5) is 6.72. The molecule has 0 saturated carbocycles. The van der Waals surface area contributed by atoms with Gasteiger partial charge in [0.1, 0.15) is 0 Å². The third-order valence-corrected chi connectivity index (χ3v) is 4.40. The first kappa shape index (κ1) is 24.9. The smallest absolute Gasteiger partial charge is 0.190 e. The zero-order valence-corrected chi connectivity index (χ0v) is 18.7. The van der Waals surface area contributed by atoms with Crippen molar-refractivity contribution in [3.63, 3.8) is 0 Å². The molecule has 1 saturated heterocycles. The molecule has 2 N–H and O–H groups in total. The lowest BCUT2D eigenvalue weighted by atomic mass is 10.2. The number of guanidine groups is 1. The van der Waals surface area contributed by atoms with E-state index in [9.17, 15) is 0 Å². The highest BCUT2D eigenvalue weighted by atomic mass is 127. The van der Waals surface area contributed by atoms with E-state index in [1.807, 2.05) is 7.05 Å². The fraction of sp³-hybridized carbons (Fsp3) is 0.944. The number of halogens is 1. The molecule has 0 radical (unpaired) electrons. The Kier molecular flexibility index (Phi) is 17.2. The van der Waals surface area contributed by atoms with E-state index in [0.29, 0.717) is 6.10 Å². The number of unbranched alkanes of at least 4 members (excludes halogenated alkanes) is 1. The van der Waals surface area contributed by atoms with Gasteiger partial charge in [0.15, 0.2) is 5.96 Å². The highest BCUT2D eigenvalue weighted by Gasteiger charge is 2.14. The molecular weight excluding hydrogens is 431 g/mol. The number of nitrogens with one attached hydrogen (secondary N) is 2. The van der Waals surface area contributed by atoms with Gasteiger partial charge in [0, 0.05) is 33.4 Å². The molecule has 0 amide bonds. The monoisotopic (exact) mass is 470 g/mol. The fourth-order valence-corrected chi connectivity index (χ4v) is 2.80. The summed E-state index contributed by atoms with van der Waals surface area (Å²) in [6.45, 7) is 12.2. The fourth-order valence-electron chi connectivity index (χ4n) is 2.80. The maximum Gasteiger partial charge on any atom is 0.190 e. The maximum absolute atomic E-state index is 5.66. The number of ether oxygens (including phenoxy) is 2. The summed E-state index contributed by atoms with van der Waals surface area (Å²) in [5.74, 6) is 0.886. The molecule has 1 aliphatic rings. The first-order valence-electron chi connectivity index (χ1n) is 9.66. The van der Waals surface area contributed by atoms with Crippen LogP contribution < -0.4 is 10.6 Å². The van der Waals surface area contributed by atoms with E-state index in [2.05, 4.69) is 34.4 Å². The van der Waals surface area contributed by atoms with Crippen LogP contribution in [0, 0.1) is 0 Å². The predicted octanol–water partition coefficient (Wildman–Crippen LogP) is 2.48. The second kappa shape index (κ2) is 17.3. The van der Waals surface area contributed by atoms with Crippen molar-refractivity contribution < 1.29 is 9.47 Å². The zero-order valence-electron chi connectivity index (χ0n) is 16.4. The molecule has 6 nitrogen and oxygen atoms in total. The largest absolute Gasteiger partial charge is 0.379 e. The lowest BCUT2D eigenvalue weighted by molar-refractivity contribution is 0.0168. The lowest BCUT2D eigenvalue weighted by Crippen LogP contribution is -2.38. The van der Waals surface area contributed by atoms with Gasteiger partial charge in [-0.2, -0.15) is 0 Å². The minimum Gasteiger partial charge on any atom is -0.379 e. The summed E-state index contributed by atoms with van der Waals surface area (Å²) in [5, 5.41) is 6.71. The highest BCUT2D eigenvalue weighted by molar-refractivity contribution is 14.0. The van der Waals surface area contributed by atoms with Gasteiger partial charge in [0.2, 0.25) is 0 Å². The number of aliphatic imine (C=N–C) groups is 1. The molecule has 0 spiro atoms.